The molecule has 0 aromatic heterocycles. The molecule has 6 nitrogen and oxygen atoms in total. The maximum absolute atomic E-state index is 12.6. The van der Waals surface area contributed by atoms with Crippen LogP contribution in [0.5, 0.6) is 0 Å². The summed E-state index contributed by atoms with van der Waals surface area (Å²) >= 11 is 12.0. The van der Waals surface area contributed by atoms with Gasteiger partial charge >= 0.3 is 0 Å². The fraction of sp³-hybridized carbons (Fsp3) is 0.235. The van der Waals surface area contributed by atoms with Crippen molar-refractivity contribution < 1.29 is 21.6 Å². The Morgan fingerprint density at radius 2 is 1.63 bits per heavy atom. The summed E-state index contributed by atoms with van der Waals surface area (Å²) in [6.07, 6.45) is 0.0813. The molecule has 0 spiro atoms. The lowest BCUT2D eigenvalue weighted by atomic mass is 10.2. The Bertz CT molecular complexity index is 1080. The van der Waals surface area contributed by atoms with Crippen LogP contribution in [0.2, 0.25) is 10.0 Å². The number of benzene rings is 2. The van der Waals surface area contributed by atoms with E-state index in [4.69, 9.17) is 23.2 Å². The Labute approximate surface area is 167 Å². The standard InChI is InChI=1S/C17H15Cl2NO5S2/c18-14-2-1-3-15(19)16(14)20-17(21)11-4-6-12(7-5-11)27(24,25)13-8-9-26(22,23)10-13/h1-7,13H,8-10H2,(H,20,21). The number of sulfone groups is 2. The van der Waals surface area contributed by atoms with Gasteiger partial charge in [-0.3, -0.25) is 4.79 Å². The number of carbonyl (C=O) groups is 1. The Hall–Kier alpha value is -1.61. The van der Waals surface area contributed by atoms with E-state index in [0.29, 0.717) is 0 Å². The zero-order chi connectivity index (χ0) is 19.8. The van der Waals surface area contributed by atoms with Crippen molar-refractivity contribution in [1.29, 1.82) is 0 Å². The van der Waals surface area contributed by atoms with Crippen LogP contribution in [0.15, 0.2) is 47.4 Å². The number of carbonyl (C=O) groups excluding carboxylic acids is 1. The number of rotatable bonds is 4. The van der Waals surface area contributed by atoms with E-state index < -0.39 is 30.8 Å². The molecule has 2 aromatic carbocycles. The number of hydrogen-bond acceptors (Lipinski definition) is 5. The number of anilines is 1. The second kappa shape index (κ2) is 7.43. The summed E-state index contributed by atoms with van der Waals surface area (Å²) in [6, 6.07) is 10.1. The van der Waals surface area contributed by atoms with Crippen molar-refractivity contribution in [3.63, 3.8) is 0 Å². The molecule has 3 rings (SSSR count). The van der Waals surface area contributed by atoms with Crippen molar-refractivity contribution in [3.8, 4) is 0 Å². The Morgan fingerprint density at radius 1 is 1.04 bits per heavy atom. The summed E-state index contributed by atoms with van der Waals surface area (Å²) in [4.78, 5) is 12.3. The average molecular weight is 448 g/mol. The molecule has 27 heavy (non-hydrogen) atoms. The number of hydrogen-bond donors (Lipinski definition) is 1. The molecule has 0 saturated carbocycles. The van der Waals surface area contributed by atoms with E-state index in [-0.39, 0.29) is 44.1 Å². The van der Waals surface area contributed by atoms with Gasteiger partial charge < -0.3 is 5.32 Å². The van der Waals surface area contributed by atoms with Gasteiger partial charge in [-0.05, 0) is 42.8 Å². The minimum absolute atomic E-state index is 0.0167. The highest BCUT2D eigenvalue weighted by atomic mass is 35.5. The van der Waals surface area contributed by atoms with Crippen molar-refractivity contribution >= 4 is 54.5 Å². The normalized spacial score (nSPS) is 19.0. The van der Waals surface area contributed by atoms with Gasteiger partial charge in [-0.2, -0.15) is 0 Å². The monoisotopic (exact) mass is 447 g/mol. The first kappa shape index (κ1) is 20.1. The molecule has 1 aliphatic rings. The Balaban J connectivity index is 1.80. The van der Waals surface area contributed by atoms with Crippen LogP contribution >= 0.6 is 23.2 Å². The third-order valence-electron chi connectivity index (χ3n) is 4.28. The van der Waals surface area contributed by atoms with E-state index in [1.807, 2.05) is 0 Å². The largest absolute Gasteiger partial charge is 0.319 e. The highest BCUT2D eigenvalue weighted by Crippen LogP contribution is 2.30. The fourth-order valence-electron chi connectivity index (χ4n) is 2.80. The van der Waals surface area contributed by atoms with E-state index in [2.05, 4.69) is 5.32 Å². The summed E-state index contributed by atoms with van der Waals surface area (Å²) < 4.78 is 48.3. The highest BCUT2D eigenvalue weighted by Gasteiger charge is 2.38. The summed E-state index contributed by atoms with van der Waals surface area (Å²) in [6.45, 7) is 0. The van der Waals surface area contributed by atoms with Gasteiger partial charge in [-0.25, -0.2) is 16.8 Å². The van der Waals surface area contributed by atoms with Crippen molar-refractivity contribution in [2.45, 2.75) is 16.6 Å². The Kier molecular flexibility index (Phi) is 5.54. The molecular weight excluding hydrogens is 433 g/mol. The first-order chi connectivity index (χ1) is 12.6. The molecule has 2 aromatic rings. The maximum atomic E-state index is 12.6. The second-order valence-corrected chi connectivity index (χ2v) is 11.4. The summed E-state index contributed by atoms with van der Waals surface area (Å²) in [5.74, 6) is -1.00. The molecule has 1 aliphatic heterocycles. The summed E-state index contributed by atoms with van der Waals surface area (Å²) in [5.41, 5.74) is 0.475. The number of para-hydroxylation sites is 1. The van der Waals surface area contributed by atoms with Gasteiger partial charge in [-0.1, -0.05) is 29.3 Å². The minimum atomic E-state index is -3.78. The van der Waals surface area contributed by atoms with E-state index in [9.17, 15) is 21.6 Å². The second-order valence-electron chi connectivity index (χ2n) is 6.15. The van der Waals surface area contributed by atoms with Gasteiger partial charge in [0.15, 0.2) is 19.7 Å². The van der Waals surface area contributed by atoms with Crippen LogP contribution in [0.1, 0.15) is 16.8 Å². The van der Waals surface area contributed by atoms with Crippen LogP contribution in [0.4, 0.5) is 5.69 Å². The van der Waals surface area contributed by atoms with Crippen LogP contribution in [0, 0.1) is 0 Å². The molecule has 1 N–H and O–H groups in total. The van der Waals surface area contributed by atoms with Crippen LogP contribution < -0.4 is 5.32 Å². The van der Waals surface area contributed by atoms with Gasteiger partial charge in [0.2, 0.25) is 0 Å². The van der Waals surface area contributed by atoms with Crippen molar-refractivity contribution in [3.05, 3.63) is 58.1 Å². The van der Waals surface area contributed by atoms with Crippen LogP contribution in [0.25, 0.3) is 0 Å². The van der Waals surface area contributed by atoms with Crippen LogP contribution in [-0.4, -0.2) is 39.5 Å². The molecule has 144 valence electrons. The minimum Gasteiger partial charge on any atom is -0.319 e. The molecule has 1 unspecified atom stereocenters. The average Bonchev–Trinajstić information content (AvgIpc) is 2.99. The molecule has 1 saturated heterocycles. The summed E-state index contributed by atoms with van der Waals surface area (Å²) in [7, 11) is -7.10. The van der Waals surface area contributed by atoms with E-state index >= 15 is 0 Å². The molecule has 1 heterocycles. The third kappa shape index (κ3) is 4.29. The topological polar surface area (TPSA) is 97.4 Å². The lowest BCUT2D eigenvalue weighted by Gasteiger charge is -2.12. The lowest BCUT2D eigenvalue weighted by Crippen LogP contribution is -2.23. The summed E-state index contributed by atoms with van der Waals surface area (Å²) in [5, 5.41) is 2.18. The third-order valence-corrected chi connectivity index (χ3v) is 9.09. The highest BCUT2D eigenvalue weighted by molar-refractivity contribution is 7.96. The molecule has 0 bridgehead atoms. The van der Waals surface area contributed by atoms with Crippen molar-refractivity contribution in [1.82, 2.24) is 0 Å². The van der Waals surface area contributed by atoms with Crippen molar-refractivity contribution in [2.75, 3.05) is 16.8 Å². The zero-order valence-electron chi connectivity index (χ0n) is 13.9. The SMILES string of the molecule is O=C(Nc1c(Cl)cccc1Cl)c1ccc(S(=O)(=O)C2CCS(=O)(=O)C2)cc1. The number of nitrogens with one attached hydrogen (secondary N) is 1. The molecule has 0 aliphatic carbocycles. The maximum Gasteiger partial charge on any atom is 0.255 e. The molecular formula is C17H15Cl2NO5S2. The van der Waals surface area contributed by atoms with Gasteiger partial charge in [0.05, 0.1) is 37.4 Å². The number of amides is 1. The quantitative estimate of drug-likeness (QED) is 0.775. The van der Waals surface area contributed by atoms with Gasteiger partial charge in [0.1, 0.15) is 0 Å². The van der Waals surface area contributed by atoms with Crippen LogP contribution in [-0.2, 0) is 19.7 Å². The molecule has 1 fully saturated rings. The van der Waals surface area contributed by atoms with Gasteiger partial charge in [-0.15, -0.1) is 0 Å². The Morgan fingerprint density at radius 3 is 2.15 bits per heavy atom. The first-order valence-electron chi connectivity index (χ1n) is 7.90. The lowest BCUT2D eigenvalue weighted by molar-refractivity contribution is 0.102. The van der Waals surface area contributed by atoms with E-state index in [0.717, 1.165) is 0 Å². The predicted molar refractivity (Wildman–Crippen MR) is 105 cm³/mol. The van der Waals surface area contributed by atoms with Gasteiger partial charge in [0.25, 0.3) is 5.91 Å². The van der Waals surface area contributed by atoms with E-state index in [1.54, 1.807) is 18.2 Å². The fourth-order valence-corrected chi connectivity index (χ4v) is 7.65. The predicted octanol–water partition coefficient (Wildman–Crippen LogP) is 3.21. The first-order valence-corrected chi connectivity index (χ1v) is 12.0. The van der Waals surface area contributed by atoms with Crippen molar-refractivity contribution in [2.24, 2.45) is 0 Å². The smallest absolute Gasteiger partial charge is 0.255 e. The zero-order valence-corrected chi connectivity index (χ0v) is 17.0. The molecule has 10 heteroatoms. The van der Waals surface area contributed by atoms with Gasteiger partial charge in [0, 0.05) is 5.56 Å². The molecule has 1 amide bonds. The van der Waals surface area contributed by atoms with Crippen LogP contribution in [0.3, 0.4) is 0 Å². The molecule has 1 atom stereocenters. The number of halogens is 2. The van der Waals surface area contributed by atoms with E-state index in [1.165, 1.54) is 24.3 Å². The molecule has 0 radical (unpaired) electrons.